The zero-order valence-corrected chi connectivity index (χ0v) is 10.4. The molecule has 0 amide bonds. The number of phenols is 4. The molecule has 0 atom stereocenters. The lowest BCUT2D eigenvalue weighted by Gasteiger charge is -1.97. The van der Waals surface area contributed by atoms with E-state index in [1.165, 1.54) is 30.3 Å². The van der Waals surface area contributed by atoms with Crippen LogP contribution in [0.2, 0.25) is 0 Å². The van der Waals surface area contributed by atoms with E-state index in [2.05, 4.69) is 0 Å². The highest BCUT2D eigenvalue weighted by atomic mass is 16.3. The largest absolute Gasteiger partial charge is 0.504 e. The topological polar surface area (TPSA) is 105 Å². The van der Waals surface area contributed by atoms with Crippen molar-refractivity contribution in [2.45, 2.75) is 0 Å². The zero-order chi connectivity index (χ0) is 15.0. The predicted molar refractivity (Wildman–Crippen MR) is 74.2 cm³/mol. The highest BCUT2D eigenvalue weighted by molar-refractivity contribution is 5.56. The summed E-state index contributed by atoms with van der Waals surface area (Å²) in [6.07, 6.45) is 2.84. The molecule has 5 nitrogen and oxygen atoms in total. The molecule has 0 aliphatic rings. The van der Waals surface area contributed by atoms with Gasteiger partial charge in [0.1, 0.15) is 0 Å². The first-order valence-electron chi connectivity index (χ1n) is 5.59. The highest BCUT2D eigenvalue weighted by Gasteiger charge is 1.96. The van der Waals surface area contributed by atoms with Crippen LogP contribution in [0.3, 0.4) is 0 Å². The van der Waals surface area contributed by atoms with Gasteiger partial charge in [-0.3, -0.25) is 0 Å². The van der Waals surface area contributed by atoms with Crippen LogP contribution in [0.25, 0.3) is 6.08 Å². The van der Waals surface area contributed by atoms with Crippen molar-refractivity contribution < 1.29 is 20.4 Å². The molecule has 0 radical (unpaired) electrons. The van der Waals surface area contributed by atoms with E-state index in [1.807, 2.05) is 6.07 Å². The molecule has 0 aromatic heterocycles. The number of hydrogen-bond acceptors (Lipinski definition) is 5. The first-order chi connectivity index (χ1) is 9.54. The van der Waals surface area contributed by atoms with Crippen LogP contribution in [0.5, 0.6) is 23.0 Å². The van der Waals surface area contributed by atoms with Crippen LogP contribution in [-0.4, -0.2) is 20.4 Å². The molecule has 102 valence electrons. The summed E-state index contributed by atoms with van der Waals surface area (Å²) in [5.74, 6) is -0.501. The molecule has 0 bridgehead atoms. The van der Waals surface area contributed by atoms with Crippen LogP contribution >= 0.6 is 0 Å². The van der Waals surface area contributed by atoms with Crippen molar-refractivity contribution in [3.8, 4) is 29.1 Å². The van der Waals surface area contributed by atoms with E-state index in [1.54, 1.807) is 24.3 Å². The van der Waals surface area contributed by atoms with Crippen LogP contribution in [0.4, 0.5) is 0 Å². The van der Waals surface area contributed by atoms with E-state index in [-0.39, 0.29) is 23.0 Å². The van der Waals surface area contributed by atoms with E-state index in [0.717, 1.165) is 0 Å². The third-order valence-corrected chi connectivity index (χ3v) is 2.23. The fraction of sp³-hybridized carbons (Fsp3) is 0. The molecule has 0 aliphatic carbocycles. The summed E-state index contributed by atoms with van der Waals surface area (Å²) in [6, 6.07) is 12.3. The number of phenolic OH excluding ortho intramolecular Hbond substituents is 4. The van der Waals surface area contributed by atoms with Gasteiger partial charge >= 0.3 is 0 Å². The van der Waals surface area contributed by atoms with Gasteiger partial charge in [-0.15, -0.1) is 0 Å². The summed E-state index contributed by atoms with van der Waals surface area (Å²) in [5, 5.41) is 43.5. The Bertz CT molecular complexity index is 624. The van der Waals surface area contributed by atoms with Gasteiger partial charge in [-0.2, -0.15) is 5.26 Å². The van der Waals surface area contributed by atoms with Crippen LogP contribution in [-0.2, 0) is 0 Å². The van der Waals surface area contributed by atoms with Crippen molar-refractivity contribution in [1.82, 2.24) is 0 Å². The summed E-state index contributed by atoms with van der Waals surface area (Å²) >= 11 is 0. The minimum Gasteiger partial charge on any atom is -0.504 e. The second-order valence-corrected chi connectivity index (χ2v) is 3.70. The molecular weight excluding hydrogens is 258 g/mol. The molecule has 2 aromatic rings. The molecule has 4 N–H and O–H groups in total. The number of para-hydroxylation sites is 2. The minimum absolute atomic E-state index is 0.0764. The molecule has 0 saturated heterocycles. The lowest BCUT2D eigenvalue weighted by atomic mass is 10.2. The Hall–Kier alpha value is -3.13. The first-order valence-corrected chi connectivity index (χ1v) is 5.59. The van der Waals surface area contributed by atoms with Crippen LogP contribution in [0.15, 0.2) is 48.5 Å². The number of nitrogens with zero attached hydrogens (tertiary/aromatic N) is 1. The SMILES string of the molecule is N#CC=Cc1ccc(O)c(O)c1.Oc1ccccc1O. The van der Waals surface area contributed by atoms with E-state index in [9.17, 15) is 0 Å². The third-order valence-electron chi connectivity index (χ3n) is 2.23. The maximum Gasteiger partial charge on any atom is 0.157 e. The molecule has 2 aromatic carbocycles. The smallest absolute Gasteiger partial charge is 0.157 e. The van der Waals surface area contributed by atoms with Crippen molar-refractivity contribution in [3.05, 3.63) is 54.1 Å². The van der Waals surface area contributed by atoms with E-state index in [0.29, 0.717) is 5.56 Å². The van der Waals surface area contributed by atoms with E-state index in [4.69, 9.17) is 25.7 Å². The quantitative estimate of drug-likeness (QED) is 0.471. The Labute approximate surface area is 115 Å². The Morgan fingerprint density at radius 3 is 1.80 bits per heavy atom. The fourth-order valence-electron chi connectivity index (χ4n) is 1.24. The second kappa shape index (κ2) is 7.34. The Balaban J connectivity index is 0.000000217. The minimum atomic E-state index is -0.185. The second-order valence-electron chi connectivity index (χ2n) is 3.70. The molecule has 5 heteroatoms. The number of allylic oxidation sites excluding steroid dienone is 1. The van der Waals surface area contributed by atoms with Gasteiger partial charge in [0.15, 0.2) is 23.0 Å². The lowest BCUT2D eigenvalue weighted by Crippen LogP contribution is -1.72. The Morgan fingerprint density at radius 1 is 0.800 bits per heavy atom. The maximum absolute atomic E-state index is 9.03. The van der Waals surface area contributed by atoms with E-state index < -0.39 is 0 Å². The lowest BCUT2D eigenvalue weighted by molar-refractivity contribution is 0.403. The highest BCUT2D eigenvalue weighted by Crippen LogP contribution is 2.25. The van der Waals surface area contributed by atoms with Gasteiger partial charge in [0.05, 0.1) is 6.07 Å². The van der Waals surface area contributed by atoms with Crippen molar-refractivity contribution in [3.63, 3.8) is 0 Å². The summed E-state index contributed by atoms with van der Waals surface area (Å²) in [7, 11) is 0. The summed E-state index contributed by atoms with van der Waals surface area (Å²) in [5.41, 5.74) is 0.673. The number of rotatable bonds is 1. The third kappa shape index (κ3) is 4.63. The van der Waals surface area contributed by atoms with E-state index >= 15 is 0 Å². The Kier molecular flexibility index (Phi) is 5.48. The molecule has 0 aliphatic heterocycles. The van der Waals surface area contributed by atoms with Crippen LogP contribution < -0.4 is 0 Å². The summed E-state index contributed by atoms with van der Waals surface area (Å²) in [6.45, 7) is 0. The molecule has 2 rings (SSSR count). The zero-order valence-electron chi connectivity index (χ0n) is 10.4. The van der Waals surface area contributed by atoms with Crippen molar-refractivity contribution >= 4 is 6.08 Å². The van der Waals surface area contributed by atoms with Gasteiger partial charge in [0.25, 0.3) is 0 Å². The molecule has 0 saturated carbocycles. The van der Waals surface area contributed by atoms with Gasteiger partial charge in [0, 0.05) is 6.08 Å². The predicted octanol–water partition coefficient (Wildman–Crippen LogP) is 2.73. The number of aromatic hydroxyl groups is 4. The van der Waals surface area contributed by atoms with Gasteiger partial charge < -0.3 is 20.4 Å². The molecule has 0 heterocycles. The van der Waals surface area contributed by atoms with Crippen LogP contribution in [0.1, 0.15) is 5.56 Å². The molecule has 0 unspecified atom stereocenters. The maximum atomic E-state index is 9.03. The monoisotopic (exact) mass is 271 g/mol. The van der Waals surface area contributed by atoms with Crippen molar-refractivity contribution in [1.29, 1.82) is 5.26 Å². The fourth-order valence-corrected chi connectivity index (χ4v) is 1.24. The normalized spacial score (nSPS) is 9.55. The first kappa shape index (κ1) is 14.9. The molecular formula is C15H13NO4. The molecule has 20 heavy (non-hydrogen) atoms. The Morgan fingerprint density at radius 2 is 1.35 bits per heavy atom. The van der Waals surface area contributed by atoms with Gasteiger partial charge in [0.2, 0.25) is 0 Å². The van der Waals surface area contributed by atoms with Crippen molar-refractivity contribution in [2.24, 2.45) is 0 Å². The standard InChI is InChI=1S/C9H7NO2.C6H6O2/c10-5-1-2-7-3-4-8(11)9(12)6-7;7-5-3-1-2-4-6(5)8/h1-4,6,11-12H;1-4,7-8H. The number of nitriles is 1. The molecule has 0 fully saturated rings. The average molecular weight is 271 g/mol. The van der Waals surface area contributed by atoms with Crippen LogP contribution in [0, 0.1) is 11.3 Å². The number of hydrogen-bond donors (Lipinski definition) is 4. The van der Waals surface area contributed by atoms with Gasteiger partial charge in [-0.1, -0.05) is 18.2 Å². The average Bonchev–Trinajstić information content (AvgIpc) is 2.44. The summed E-state index contributed by atoms with van der Waals surface area (Å²) in [4.78, 5) is 0. The molecule has 0 spiro atoms. The summed E-state index contributed by atoms with van der Waals surface area (Å²) < 4.78 is 0. The van der Waals surface area contributed by atoms with Crippen molar-refractivity contribution in [2.75, 3.05) is 0 Å². The number of benzene rings is 2. The van der Waals surface area contributed by atoms with Gasteiger partial charge in [-0.05, 0) is 35.9 Å². The van der Waals surface area contributed by atoms with Gasteiger partial charge in [-0.25, -0.2) is 0 Å².